The van der Waals surface area contributed by atoms with Gasteiger partial charge in [0.25, 0.3) is 5.91 Å². The quantitative estimate of drug-likeness (QED) is 0.691. The molecule has 9 nitrogen and oxygen atoms in total. The van der Waals surface area contributed by atoms with Crippen LogP contribution in [0.2, 0.25) is 0 Å². The van der Waals surface area contributed by atoms with Gasteiger partial charge in [-0.15, -0.1) is 0 Å². The molecule has 1 fully saturated rings. The minimum Gasteiger partial charge on any atom is -0.478 e. The number of ether oxygens (including phenoxy) is 1. The fourth-order valence-corrected chi connectivity index (χ4v) is 5.92. The molecule has 3 heterocycles. The molecule has 2 aliphatic heterocycles. The highest BCUT2D eigenvalue weighted by Gasteiger charge is 2.36. The molecule has 2 unspecified atom stereocenters. The summed E-state index contributed by atoms with van der Waals surface area (Å²) < 4.78 is 34.1. The van der Waals surface area contributed by atoms with Crippen molar-refractivity contribution in [3.63, 3.8) is 0 Å². The number of piperidine rings is 1. The molecule has 1 saturated heterocycles. The first-order chi connectivity index (χ1) is 15.7. The molecule has 0 spiro atoms. The normalized spacial score (nSPS) is 21.0. The van der Waals surface area contributed by atoms with Gasteiger partial charge in [-0.05, 0) is 62.4 Å². The van der Waals surface area contributed by atoms with E-state index in [1.807, 2.05) is 19.9 Å². The van der Waals surface area contributed by atoms with Gasteiger partial charge in [0.1, 0.15) is 11.6 Å². The number of hydrogen-bond donors (Lipinski definition) is 2. The number of fused-ring (bicyclic) bond motifs is 1. The van der Waals surface area contributed by atoms with Crippen molar-refractivity contribution in [1.29, 1.82) is 0 Å². The van der Waals surface area contributed by atoms with E-state index in [4.69, 9.17) is 4.74 Å². The summed E-state index contributed by atoms with van der Waals surface area (Å²) in [6, 6.07) is 6.70. The SMILES string of the molecule is CCC1Oc2cc(S(=O)(=O)N3CCCC(C(=O)Nc4cc(C)ccn4)C3)c(C)cc2NC1=O. The highest BCUT2D eigenvalue weighted by atomic mass is 32.2. The lowest BCUT2D eigenvalue weighted by atomic mass is 9.99. The third-order valence-electron chi connectivity index (χ3n) is 6.01. The highest BCUT2D eigenvalue weighted by Crippen LogP contribution is 2.36. The first kappa shape index (κ1) is 23.2. The molecule has 0 aliphatic carbocycles. The number of aryl methyl sites for hydroxylation is 2. The second kappa shape index (κ2) is 9.11. The van der Waals surface area contributed by atoms with Crippen molar-refractivity contribution in [2.45, 2.75) is 51.0 Å². The van der Waals surface area contributed by atoms with Crippen molar-refractivity contribution in [1.82, 2.24) is 9.29 Å². The molecule has 0 radical (unpaired) electrons. The zero-order valence-corrected chi connectivity index (χ0v) is 19.7. The van der Waals surface area contributed by atoms with Gasteiger partial charge in [-0.3, -0.25) is 9.59 Å². The second-order valence-corrected chi connectivity index (χ2v) is 10.4. The Morgan fingerprint density at radius 1 is 1.30 bits per heavy atom. The topological polar surface area (TPSA) is 118 Å². The summed E-state index contributed by atoms with van der Waals surface area (Å²) in [5.74, 6) is -0.175. The van der Waals surface area contributed by atoms with E-state index in [0.29, 0.717) is 48.6 Å². The van der Waals surface area contributed by atoms with Crippen molar-refractivity contribution in [3.05, 3.63) is 41.6 Å². The van der Waals surface area contributed by atoms with E-state index in [-0.39, 0.29) is 23.3 Å². The van der Waals surface area contributed by atoms with Gasteiger partial charge in [0.2, 0.25) is 15.9 Å². The average Bonchev–Trinajstić information content (AvgIpc) is 2.78. The lowest BCUT2D eigenvalue weighted by molar-refractivity contribution is -0.123. The van der Waals surface area contributed by atoms with Gasteiger partial charge in [-0.25, -0.2) is 13.4 Å². The maximum atomic E-state index is 13.5. The highest BCUT2D eigenvalue weighted by molar-refractivity contribution is 7.89. The number of sulfonamides is 1. The third kappa shape index (κ3) is 4.72. The van der Waals surface area contributed by atoms with Crippen molar-refractivity contribution < 1.29 is 22.7 Å². The van der Waals surface area contributed by atoms with Crippen LogP contribution in [0.4, 0.5) is 11.5 Å². The van der Waals surface area contributed by atoms with Crippen molar-refractivity contribution in [2.75, 3.05) is 23.7 Å². The van der Waals surface area contributed by atoms with Crippen LogP contribution in [-0.4, -0.2) is 48.7 Å². The molecule has 2 amide bonds. The first-order valence-corrected chi connectivity index (χ1v) is 12.5. The standard InChI is InChI=1S/C23H28N4O5S/c1-4-18-23(29)25-17-11-15(3)20(12-19(17)32-18)33(30,31)27-9-5-6-16(13-27)22(28)26-21-10-14(2)7-8-24-21/h7-8,10-12,16,18H,4-6,9,13H2,1-3H3,(H,25,29)(H,24,26,28). The number of carbonyl (C=O) groups is 2. The summed E-state index contributed by atoms with van der Waals surface area (Å²) in [5, 5.41) is 5.58. The van der Waals surface area contributed by atoms with Crippen LogP contribution < -0.4 is 15.4 Å². The predicted octanol–water partition coefficient (Wildman–Crippen LogP) is 2.85. The summed E-state index contributed by atoms with van der Waals surface area (Å²) >= 11 is 0. The Kier molecular flexibility index (Phi) is 6.40. The van der Waals surface area contributed by atoms with Crippen molar-refractivity contribution in [2.24, 2.45) is 5.92 Å². The number of anilines is 2. The summed E-state index contributed by atoms with van der Waals surface area (Å²) in [5.41, 5.74) is 1.94. The third-order valence-corrected chi connectivity index (χ3v) is 8.01. The second-order valence-electron chi connectivity index (χ2n) is 8.53. The van der Waals surface area contributed by atoms with Gasteiger partial charge in [0, 0.05) is 25.4 Å². The number of amides is 2. The Hall–Kier alpha value is -2.98. The van der Waals surface area contributed by atoms with Gasteiger partial charge < -0.3 is 15.4 Å². The van der Waals surface area contributed by atoms with Gasteiger partial charge in [-0.1, -0.05) is 6.92 Å². The lowest BCUT2D eigenvalue weighted by Gasteiger charge is -2.32. The van der Waals surface area contributed by atoms with E-state index in [9.17, 15) is 18.0 Å². The molecule has 1 aromatic heterocycles. The zero-order valence-electron chi connectivity index (χ0n) is 18.9. The maximum absolute atomic E-state index is 13.5. The molecule has 1 aromatic carbocycles. The van der Waals surface area contributed by atoms with Crippen LogP contribution in [-0.2, 0) is 19.6 Å². The molecule has 0 saturated carbocycles. The van der Waals surface area contributed by atoms with Crippen LogP contribution in [0.3, 0.4) is 0 Å². The first-order valence-electron chi connectivity index (χ1n) is 11.0. The van der Waals surface area contributed by atoms with E-state index < -0.39 is 22.0 Å². The number of nitrogens with zero attached hydrogens (tertiary/aromatic N) is 2. The molecule has 2 aliphatic rings. The zero-order chi connectivity index (χ0) is 23.8. The molecule has 2 atom stereocenters. The van der Waals surface area contributed by atoms with Crippen LogP contribution in [0.15, 0.2) is 35.4 Å². The number of nitrogens with one attached hydrogen (secondary N) is 2. The molecule has 0 bridgehead atoms. The Balaban J connectivity index is 1.55. The molecule has 2 aromatic rings. The van der Waals surface area contributed by atoms with Gasteiger partial charge in [-0.2, -0.15) is 4.31 Å². The van der Waals surface area contributed by atoms with Crippen LogP contribution in [0.5, 0.6) is 5.75 Å². The monoisotopic (exact) mass is 472 g/mol. The predicted molar refractivity (Wildman–Crippen MR) is 124 cm³/mol. The van der Waals surface area contributed by atoms with E-state index in [1.165, 1.54) is 10.4 Å². The average molecular weight is 473 g/mol. The Morgan fingerprint density at radius 3 is 2.82 bits per heavy atom. The molecular weight excluding hydrogens is 444 g/mol. The fourth-order valence-electron chi connectivity index (χ4n) is 4.18. The number of hydrogen-bond acceptors (Lipinski definition) is 6. The summed E-state index contributed by atoms with van der Waals surface area (Å²) in [6.45, 7) is 5.84. The number of rotatable bonds is 5. The van der Waals surface area contributed by atoms with Crippen LogP contribution in [0, 0.1) is 19.8 Å². The molecule has 2 N–H and O–H groups in total. The molecular formula is C23H28N4O5S. The van der Waals surface area contributed by atoms with Gasteiger partial charge in [0.05, 0.1) is 16.5 Å². The van der Waals surface area contributed by atoms with E-state index in [1.54, 1.807) is 25.3 Å². The molecule has 10 heteroatoms. The smallest absolute Gasteiger partial charge is 0.265 e. The Morgan fingerprint density at radius 2 is 2.09 bits per heavy atom. The number of pyridine rings is 1. The molecule has 33 heavy (non-hydrogen) atoms. The summed E-state index contributed by atoms with van der Waals surface area (Å²) in [6.07, 6.45) is 2.61. The Labute approximate surface area is 193 Å². The minimum absolute atomic E-state index is 0.0890. The lowest BCUT2D eigenvalue weighted by Crippen LogP contribution is -2.44. The number of benzene rings is 1. The van der Waals surface area contributed by atoms with E-state index in [2.05, 4.69) is 15.6 Å². The van der Waals surface area contributed by atoms with Crippen molar-refractivity contribution >= 4 is 33.3 Å². The van der Waals surface area contributed by atoms with Crippen molar-refractivity contribution in [3.8, 4) is 5.75 Å². The summed E-state index contributed by atoms with van der Waals surface area (Å²) in [7, 11) is -3.86. The number of aromatic nitrogens is 1. The Bertz CT molecular complexity index is 1200. The number of carbonyl (C=O) groups excluding carboxylic acids is 2. The largest absolute Gasteiger partial charge is 0.478 e. The van der Waals surface area contributed by atoms with Gasteiger partial charge in [0.15, 0.2) is 6.10 Å². The van der Waals surface area contributed by atoms with Crippen LogP contribution >= 0.6 is 0 Å². The van der Waals surface area contributed by atoms with Crippen LogP contribution in [0.1, 0.15) is 37.3 Å². The van der Waals surface area contributed by atoms with Gasteiger partial charge >= 0.3 is 0 Å². The van der Waals surface area contributed by atoms with E-state index in [0.717, 1.165) is 5.56 Å². The minimum atomic E-state index is -3.86. The summed E-state index contributed by atoms with van der Waals surface area (Å²) in [4.78, 5) is 29.2. The molecule has 176 valence electrons. The van der Waals surface area contributed by atoms with E-state index >= 15 is 0 Å². The fraction of sp³-hybridized carbons (Fsp3) is 0.435. The molecule has 4 rings (SSSR count). The van der Waals surface area contributed by atoms with Crippen LogP contribution in [0.25, 0.3) is 0 Å². The maximum Gasteiger partial charge on any atom is 0.265 e.